The van der Waals surface area contributed by atoms with Gasteiger partial charge < -0.3 is 14.4 Å². The second kappa shape index (κ2) is 6.63. The number of amides is 1. The Morgan fingerprint density at radius 2 is 1.92 bits per heavy atom. The molecule has 4 rings (SSSR count). The second-order valence-electron chi connectivity index (χ2n) is 7.04. The van der Waals surface area contributed by atoms with E-state index in [1.807, 2.05) is 12.1 Å². The first-order chi connectivity index (χ1) is 11.7. The van der Waals surface area contributed by atoms with Gasteiger partial charge in [0.05, 0.1) is 0 Å². The van der Waals surface area contributed by atoms with E-state index >= 15 is 0 Å². The van der Waals surface area contributed by atoms with Crippen LogP contribution in [0.3, 0.4) is 0 Å². The highest BCUT2D eigenvalue weighted by atomic mass is 16.6. The summed E-state index contributed by atoms with van der Waals surface area (Å²) >= 11 is 0. The lowest BCUT2D eigenvalue weighted by Crippen LogP contribution is -2.47. The fraction of sp³-hybridized carbons (Fsp3) is 0.632. The molecule has 1 aromatic carbocycles. The van der Waals surface area contributed by atoms with Crippen molar-refractivity contribution in [2.75, 3.05) is 26.3 Å². The first-order valence-corrected chi connectivity index (χ1v) is 9.13. The summed E-state index contributed by atoms with van der Waals surface area (Å²) in [5.74, 6) is 1.99. The Morgan fingerprint density at radius 3 is 2.79 bits per heavy atom. The van der Waals surface area contributed by atoms with Crippen LogP contribution in [0, 0.1) is 0 Å². The van der Waals surface area contributed by atoms with Gasteiger partial charge >= 0.3 is 0 Å². The van der Waals surface area contributed by atoms with Gasteiger partial charge in [0, 0.05) is 37.7 Å². The van der Waals surface area contributed by atoms with Crippen molar-refractivity contribution in [3.8, 4) is 11.5 Å². The molecule has 5 heteroatoms. The Kier molecular flexibility index (Phi) is 4.35. The highest BCUT2D eigenvalue weighted by molar-refractivity contribution is 5.74. The summed E-state index contributed by atoms with van der Waals surface area (Å²) in [6.45, 7) is 5.84. The van der Waals surface area contributed by atoms with Crippen LogP contribution >= 0.6 is 0 Å². The van der Waals surface area contributed by atoms with E-state index in [9.17, 15) is 4.79 Å². The van der Waals surface area contributed by atoms with E-state index in [4.69, 9.17) is 9.47 Å². The van der Waals surface area contributed by atoms with Gasteiger partial charge in [-0.25, -0.2) is 0 Å². The number of para-hydroxylation sites is 1. The standard InChI is InChI=1S/C19H26N2O3/c1-14(22)21-10-4-7-17(21)16-6-3-9-20(16)13-15-5-2-8-18-19(15)24-12-11-23-18/h2,5,8,16-17H,3-4,6-7,9-13H2,1H3/t16-,17+/m0/s1. The van der Waals surface area contributed by atoms with Crippen LogP contribution in [0.25, 0.3) is 0 Å². The van der Waals surface area contributed by atoms with Crippen LogP contribution < -0.4 is 9.47 Å². The van der Waals surface area contributed by atoms with Gasteiger partial charge in [0.1, 0.15) is 13.2 Å². The lowest BCUT2D eigenvalue weighted by molar-refractivity contribution is -0.130. The molecule has 0 aliphatic carbocycles. The van der Waals surface area contributed by atoms with E-state index < -0.39 is 0 Å². The van der Waals surface area contributed by atoms with Gasteiger partial charge in [0.25, 0.3) is 0 Å². The molecule has 5 nitrogen and oxygen atoms in total. The van der Waals surface area contributed by atoms with Crippen LogP contribution in [-0.2, 0) is 11.3 Å². The first-order valence-electron chi connectivity index (χ1n) is 9.13. The Morgan fingerprint density at radius 1 is 1.12 bits per heavy atom. The van der Waals surface area contributed by atoms with Gasteiger partial charge in [-0.1, -0.05) is 12.1 Å². The molecule has 2 atom stereocenters. The molecule has 1 amide bonds. The number of likely N-dealkylation sites (tertiary alicyclic amines) is 2. The maximum atomic E-state index is 11.9. The minimum absolute atomic E-state index is 0.221. The average Bonchev–Trinajstić information content (AvgIpc) is 3.23. The zero-order chi connectivity index (χ0) is 16.5. The number of hydrogen-bond acceptors (Lipinski definition) is 4. The van der Waals surface area contributed by atoms with Gasteiger partial charge in [-0.3, -0.25) is 9.69 Å². The minimum Gasteiger partial charge on any atom is -0.486 e. The topological polar surface area (TPSA) is 42.0 Å². The predicted molar refractivity (Wildman–Crippen MR) is 91.3 cm³/mol. The molecule has 2 fully saturated rings. The summed E-state index contributed by atoms with van der Waals surface area (Å²) in [5.41, 5.74) is 1.20. The molecule has 0 bridgehead atoms. The van der Waals surface area contributed by atoms with Crippen molar-refractivity contribution >= 4 is 5.91 Å². The molecular weight excluding hydrogens is 304 g/mol. The van der Waals surface area contributed by atoms with Gasteiger partial charge in [-0.2, -0.15) is 0 Å². The molecule has 3 aliphatic rings. The third kappa shape index (κ3) is 2.86. The van der Waals surface area contributed by atoms with Crippen molar-refractivity contribution in [1.82, 2.24) is 9.80 Å². The quantitative estimate of drug-likeness (QED) is 0.854. The van der Waals surface area contributed by atoms with Crippen LogP contribution in [0.4, 0.5) is 0 Å². The fourth-order valence-electron chi connectivity index (χ4n) is 4.54. The number of carbonyl (C=O) groups is 1. The largest absolute Gasteiger partial charge is 0.486 e. The van der Waals surface area contributed by atoms with E-state index in [1.165, 1.54) is 18.4 Å². The molecule has 0 unspecified atom stereocenters. The SMILES string of the molecule is CC(=O)N1CCC[C@@H]1[C@@H]1CCCN1Cc1cccc2c1OCCO2. The summed E-state index contributed by atoms with van der Waals surface area (Å²) in [4.78, 5) is 16.6. The molecule has 0 radical (unpaired) electrons. The van der Waals surface area contributed by atoms with Crippen molar-refractivity contribution in [2.24, 2.45) is 0 Å². The molecule has 2 saturated heterocycles. The van der Waals surface area contributed by atoms with Crippen molar-refractivity contribution in [3.63, 3.8) is 0 Å². The Balaban J connectivity index is 1.53. The molecule has 3 heterocycles. The third-order valence-corrected chi connectivity index (χ3v) is 5.58. The maximum absolute atomic E-state index is 11.9. The Bertz CT molecular complexity index is 619. The molecule has 0 N–H and O–H groups in total. The Hall–Kier alpha value is -1.75. The number of nitrogens with zero attached hydrogens (tertiary/aromatic N) is 2. The first kappa shape index (κ1) is 15.8. The van der Waals surface area contributed by atoms with E-state index in [-0.39, 0.29) is 5.91 Å². The highest BCUT2D eigenvalue weighted by Gasteiger charge is 2.39. The van der Waals surface area contributed by atoms with Gasteiger partial charge in [0.2, 0.25) is 5.91 Å². The summed E-state index contributed by atoms with van der Waals surface area (Å²) in [5, 5.41) is 0. The van der Waals surface area contributed by atoms with Crippen molar-refractivity contribution in [2.45, 2.75) is 51.2 Å². The number of hydrogen-bond donors (Lipinski definition) is 0. The molecule has 130 valence electrons. The summed E-state index contributed by atoms with van der Waals surface area (Å²) in [7, 11) is 0. The van der Waals surface area contributed by atoms with Crippen LogP contribution in [0.2, 0.25) is 0 Å². The van der Waals surface area contributed by atoms with Crippen LogP contribution in [0.1, 0.15) is 38.2 Å². The average molecular weight is 330 g/mol. The molecule has 24 heavy (non-hydrogen) atoms. The lowest BCUT2D eigenvalue weighted by Gasteiger charge is -2.35. The summed E-state index contributed by atoms with van der Waals surface area (Å²) in [6.07, 6.45) is 4.65. The van der Waals surface area contributed by atoms with Crippen molar-refractivity contribution in [1.29, 1.82) is 0 Å². The van der Waals surface area contributed by atoms with Gasteiger partial charge in [-0.05, 0) is 38.3 Å². The van der Waals surface area contributed by atoms with Crippen LogP contribution in [-0.4, -0.2) is 54.1 Å². The van der Waals surface area contributed by atoms with E-state index in [1.54, 1.807) is 6.92 Å². The number of benzene rings is 1. The third-order valence-electron chi connectivity index (χ3n) is 5.58. The molecule has 0 spiro atoms. The number of carbonyl (C=O) groups excluding carboxylic acids is 1. The highest BCUT2D eigenvalue weighted by Crippen LogP contribution is 2.37. The van der Waals surface area contributed by atoms with Crippen molar-refractivity contribution < 1.29 is 14.3 Å². The fourth-order valence-corrected chi connectivity index (χ4v) is 4.54. The van der Waals surface area contributed by atoms with Gasteiger partial charge in [-0.15, -0.1) is 0 Å². The maximum Gasteiger partial charge on any atom is 0.219 e. The van der Waals surface area contributed by atoms with E-state index in [0.29, 0.717) is 25.3 Å². The van der Waals surface area contributed by atoms with E-state index in [0.717, 1.165) is 44.0 Å². The molecular formula is C19H26N2O3. The predicted octanol–water partition coefficient (Wildman–Crippen LogP) is 2.43. The zero-order valence-electron chi connectivity index (χ0n) is 14.4. The smallest absolute Gasteiger partial charge is 0.219 e. The zero-order valence-corrected chi connectivity index (χ0v) is 14.4. The summed E-state index contributed by atoms with van der Waals surface area (Å²) in [6, 6.07) is 7.01. The van der Waals surface area contributed by atoms with Crippen LogP contribution in [0.5, 0.6) is 11.5 Å². The molecule has 1 aromatic rings. The molecule has 0 saturated carbocycles. The normalized spacial score (nSPS) is 26.8. The van der Waals surface area contributed by atoms with Crippen molar-refractivity contribution in [3.05, 3.63) is 23.8 Å². The Labute approximate surface area is 143 Å². The number of rotatable bonds is 3. The van der Waals surface area contributed by atoms with Gasteiger partial charge in [0.15, 0.2) is 11.5 Å². The monoisotopic (exact) mass is 330 g/mol. The van der Waals surface area contributed by atoms with Crippen LogP contribution in [0.15, 0.2) is 18.2 Å². The molecule has 0 aromatic heterocycles. The second-order valence-corrected chi connectivity index (χ2v) is 7.04. The minimum atomic E-state index is 0.221. The number of ether oxygens (including phenoxy) is 2. The molecule has 3 aliphatic heterocycles. The van der Waals surface area contributed by atoms with E-state index in [2.05, 4.69) is 15.9 Å². The number of fused-ring (bicyclic) bond motifs is 1. The summed E-state index contributed by atoms with van der Waals surface area (Å²) < 4.78 is 11.6. The lowest BCUT2D eigenvalue weighted by atomic mass is 10.0.